The number of Topliss-reactive ketones (excluding diaryl/α,β-unsaturated/α-hetero) is 1. The van der Waals surface area contributed by atoms with Gasteiger partial charge < -0.3 is 5.11 Å². The van der Waals surface area contributed by atoms with E-state index in [2.05, 4.69) is 0 Å². The summed E-state index contributed by atoms with van der Waals surface area (Å²) in [6, 6.07) is 2.69. The highest BCUT2D eigenvalue weighted by Gasteiger charge is 2.28. The van der Waals surface area contributed by atoms with E-state index in [0.717, 1.165) is 18.2 Å². The molecule has 0 amide bonds. The normalized spacial score (nSPS) is 9.67. The van der Waals surface area contributed by atoms with Crippen molar-refractivity contribution in [3.63, 3.8) is 0 Å². The summed E-state index contributed by atoms with van der Waals surface area (Å²) in [5.74, 6) is -4.63. The number of carboxylic acid groups (broad SMARTS) is 1. The largest absolute Gasteiger partial charge is 0.475 e. The van der Waals surface area contributed by atoms with Crippen molar-refractivity contribution in [2.75, 3.05) is 0 Å². The van der Waals surface area contributed by atoms with Crippen molar-refractivity contribution in [2.24, 2.45) is 0 Å². The van der Waals surface area contributed by atoms with Crippen LogP contribution in [0.3, 0.4) is 0 Å². The molecule has 0 saturated carbocycles. The maximum Gasteiger partial charge on any atom is 0.377 e. The summed E-state index contributed by atoms with van der Waals surface area (Å²) in [5, 5.41) is 18.7. The first-order valence-electron chi connectivity index (χ1n) is 3.65. The van der Waals surface area contributed by atoms with Crippen LogP contribution in [0.25, 0.3) is 0 Å². The van der Waals surface area contributed by atoms with Gasteiger partial charge in [0.05, 0.1) is 4.92 Å². The Morgan fingerprint density at radius 1 is 1.40 bits per heavy atom. The van der Waals surface area contributed by atoms with Gasteiger partial charge in [-0.2, -0.15) is 4.39 Å². The molecule has 0 unspecified atom stereocenters. The van der Waals surface area contributed by atoms with Crippen molar-refractivity contribution >= 4 is 17.4 Å². The summed E-state index contributed by atoms with van der Waals surface area (Å²) in [5.41, 5.74) is -1.89. The number of benzene rings is 1. The van der Waals surface area contributed by atoms with Crippen molar-refractivity contribution in [1.82, 2.24) is 0 Å². The van der Waals surface area contributed by atoms with Gasteiger partial charge in [-0.1, -0.05) is 6.07 Å². The van der Waals surface area contributed by atoms with Gasteiger partial charge in [-0.25, -0.2) is 4.79 Å². The fourth-order valence-electron chi connectivity index (χ4n) is 0.999. The lowest BCUT2D eigenvalue weighted by molar-refractivity contribution is -0.387. The fourth-order valence-corrected chi connectivity index (χ4v) is 0.999. The van der Waals surface area contributed by atoms with Gasteiger partial charge in [-0.3, -0.25) is 14.9 Å². The molecule has 0 radical (unpaired) electrons. The van der Waals surface area contributed by atoms with Crippen LogP contribution in [0.4, 0.5) is 10.1 Å². The molecule has 0 spiro atoms. The molecule has 7 heteroatoms. The van der Waals surface area contributed by atoms with E-state index >= 15 is 0 Å². The first-order valence-corrected chi connectivity index (χ1v) is 3.65. The van der Waals surface area contributed by atoms with Gasteiger partial charge in [-0.05, 0) is 12.1 Å². The number of nitro groups is 1. The smallest absolute Gasteiger partial charge is 0.377 e. The highest BCUT2D eigenvalue weighted by atomic mass is 19.1. The number of ketones is 1. The van der Waals surface area contributed by atoms with Crippen molar-refractivity contribution in [2.45, 2.75) is 0 Å². The van der Waals surface area contributed by atoms with Crippen molar-refractivity contribution in [3.8, 4) is 0 Å². The van der Waals surface area contributed by atoms with Crippen LogP contribution in [0.15, 0.2) is 18.2 Å². The number of carboxylic acids is 1. The van der Waals surface area contributed by atoms with Crippen LogP contribution >= 0.6 is 0 Å². The predicted molar refractivity (Wildman–Crippen MR) is 45.0 cm³/mol. The van der Waals surface area contributed by atoms with Gasteiger partial charge >= 0.3 is 11.7 Å². The van der Waals surface area contributed by atoms with E-state index in [1.807, 2.05) is 0 Å². The second-order valence-corrected chi connectivity index (χ2v) is 2.53. The second-order valence-electron chi connectivity index (χ2n) is 2.53. The van der Waals surface area contributed by atoms with Crippen molar-refractivity contribution in [3.05, 3.63) is 39.7 Å². The lowest BCUT2D eigenvalue weighted by atomic mass is 10.1. The minimum absolute atomic E-state index is 0.771. The molecule has 1 aromatic carbocycles. The van der Waals surface area contributed by atoms with Crippen molar-refractivity contribution in [1.29, 1.82) is 0 Å². The lowest BCUT2D eigenvalue weighted by Gasteiger charge is -1.98. The molecular formula is C8H4FNO5. The highest BCUT2D eigenvalue weighted by molar-refractivity contribution is 6.40. The molecule has 0 fully saturated rings. The average Bonchev–Trinajstić information content (AvgIpc) is 2.15. The number of halogens is 1. The molecule has 15 heavy (non-hydrogen) atoms. The molecule has 0 aliphatic rings. The minimum Gasteiger partial charge on any atom is -0.475 e. The van der Waals surface area contributed by atoms with Crippen molar-refractivity contribution < 1.29 is 24.0 Å². The third-order valence-electron chi connectivity index (χ3n) is 1.61. The van der Waals surface area contributed by atoms with Crippen LogP contribution in [0, 0.1) is 15.9 Å². The number of rotatable bonds is 3. The standard InChI is InChI=1S/C8H4FNO5/c9-5-3-1-2-4(6(5)10(14)15)7(11)8(12)13/h1-3H,(H,12,13). The zero-order chi connectivity index (χ0) is 11.6. The molecule has 1 aromatic rings. The van der Waals surface area contributed by atoms with Gasteiger partial charge in [0.15, 0.2) is 0 Å². The summed E-state index contributed by atoms with van der Waals surface area (Å²) < 4.78 is 12.9. The third kappa shape index (κ3) is 1.96. The molecule has 0 aromatic heterocycles. The highest BCUT2D eigenvalue weighted by Crippen LogP contribution is 2.22. The zero-order valence-corrected chi connectivity index (χ0v) is 7.14. The fraction of sp³-hybridized carbons (Fsp3) is 0. The molecule has 0 aliphatic heterocycles. The number of nitro benzene ring substituents is 1. The Hall–Kier alpha value is -2.31. The van der Waals surface area contributed by atoms with Gasteiger partial charge in [0, 0.05) is 0 Å². The molecule has 0 bridgehead atoms. The number of hydrogen-bond acceptors (Lipinski definition) is 4. The van der Waals surface area contributed by atoms with Crippen LogP contribution in [0.1, 0.15) is 10.4 Å². The Labute approximate surface area is 82.1 Å². The van der Waals surface area contributed by atoms with E-state index in [4.69, 9.17) is 5.11 Å². The predicted octanol–water partition coefficient (Wildman–Crippen LogP) is 1.00. The number of aliphatic carboxylic acids is 1. The summed E-state index contributed by atoms with van der Waals surface area (Å²) in [7, 11) is 0. The molecule has 78 valence electrons. The molecule has 1 rings (SSSR count). The minimum atomic E-state index is -1.87. The van der Waals surface area contributed by atoms with E-state index < -0.39 is 33.7 Å². The van der Waals surface area contributed by atoms with Gasteiger partial charge in [-0.15, -0.1) is 0 Å². The van der Waals surface area contributed by atoms with Crippen LogP contribution in [0.5, 0.6) is 0 Å². The maximum absolute atomic E-state index is 12.9. The molecule has 0 saturated heterocycles. The maximum atomic E-state index is 12.9. The van der Waals surface area contributed by atoms with Crippen LogP contribution in [-0.4, -0.2) is 21.8 Å². The molecule has 1 N–H and O–H groups in total. The average molecular weight is 213 g/mol. The Morgan fingerprint density at radius 3 is 2.47 bits per heavy atom. The zero-order valence-electron chi connectivity index (χ0n) is 7.14. The Morgan fingerprint density at radius 2 is 2.00 bits per heavy atom. The van der Waals surface area contributed by atoms with Gasteiger partial charge in [0.1, 0.15) is 5.56 Å². The SMILES string of the molecule is O=C(O)C(=O)c1cccc(F)c1[N+](=O)[O-]. The molecular weight excluding hydrogens is 209 g/mol. The summed E-state index contributed by atoms with van der Waals surface area (Å²) in [6.45, 7) is 0. The number of para-hydroxylation sites is 1. The van der Waals surface area contributed by atoms with Crippen LogP contribution < -0.4 is 0 Å². The third-order valence-corrected chi connectivity index (χ3v) is 1.61. The topological polar surface area (TPSA) is 97.5 Å². The van der Waals surface area contributed by atoms with Gasteiger partial charge in [0.25, 0.3) is 5.78 Å². The number of hydrogen-bond donors (Lipinski definition) is 1. The summed E-state index contributed by atoms with van der Waals surface area (Å²) >= 11 is 0. The molecule has 6 nitrogen and oxygen atoms in total. The first-order chi connectivity index (χ1) is 6.95. The lowest BCUT2D eigenvalue weighted by Crippen LogP contribution is -2.15. The van der Waals surface area contributed by atoms with E-state index in [9.17, 15) is 24.1 Å². The van der Waals surface area contributed by atoms with E-state index in [0.29, 0.717) is 0 Å². The molecule has 0 aliphatic carbocycles. The first kappa shape index (κ1) is 10.8. The molecule has 0 atom stereocenters. The number of carbonyl (C=O) groups is 2. The Kier molecular flexibility index (Phi) is 2.75. The monoisotopic (exact) mass is 213 g/mol. The van der Waals surface area contributed by atoms with E-state index in [-0.39, 0.29) is 0 Å². The Balaban J connectivity index is 3.42. The summed E-state index contributed by atoms with van der Waals surface area (Å²) in [4.78, 5) is 30.5. The van der Waals surface area contributed by atoms with Crippen LogP contribution in [-0.2, 0) is 4.79 Å². The number of nitrogens with zero attached hydrogens (tertiary/aromatic N) is 1. The Bertz CT molecular complexity index is 456. The van der Waals surface area contributed by atoms with Crippen LogP contribution in [0.2, 0.25) is 0 Å². The van der Waals surface area contributed by atoms with E-state index in [1.54, 1.807) is 0 Å². The summed E-state index contributed by atoms with van der Waals surface area (Å²) in [6.07, 6.45) is 0. The van der Waals surface area contributed by atoms with E-state index in [1.165, 1.54) is 0 Å². The van der Waals surface area contributed by atoms with Gasteiger partial charge in [0.2, 0.25) is 5.82 Å². The second kappa shape index (κ2) is 3.82. The number of carbonyl (C=O) groups excluding carboxylic acids is 1. The molecule has 0 heterocycles. The quantitative estimate of drug-likeness (QED) is 0.349.